The topological polar surface area (TPSA) is 36.1 Å². The Balaban J connectivity index is 1.58. The smallest absolute Gasteiger partial charge is 0.255 e. The van der Waals surface area contributed by atoms with Gasteiger partial charge in [0.15, 0.2) is 0 Å². The third kappa shape index (κ3) is 3.07. The Bertz CT molecular complexity index is 895. The Labute approximate surface area is 148 Å². The molecule has 2 aromatic carbocycles. The van der Waals surface area contributed by atoms with Crippen molar-refractivity contribution < 1.29 is 4.79 Å². The number of benzene rings is 2. The van der Waals surface area contributed by atoms with E-state index in [1.54, 1.807) is 0 Å². The average molecular weight is 332 g/mol. The highest BCUT2D eigenvalue weighted by Gasteiger charge is 2.20. The number of amides is 1. The van der Waals surface area contributed by atoms with E-state index in [0.29, 0.717) is 0 Å². The molecule has 3 aromatic rings. The highest BCUT2D eigenvalue weighted by atomic mass is 16.2. The van der Waals surface area contributed by atoms with E-state index in [1.165, 1.54) is 35.0 Å². The van der Waals surface area contributed by atoms with Crippen LogP contribution in [0.1, 0.15) is 40.0 Å². The Morgan fingerprint density at radius 1 is 1.04 bits per heavy atom. The third-order valence-corrected chi connectivity index (χ3v) is 5.29. The normalized spacial score (nSPS) is 13.6. The molecule has 0 atom stereocenters. The highest BCUT2D eigenvalue weighted by Crippen LogP contribution is 2.31. The summed E-state index contributed by atoms with van der Waals surface area (Å²) in [6.07, 6.45) is 5.58. The van der Waals surface area contributed by atoms with Crippen LogP contribution in [0.5, 0.6) is 0 Å². The molecule has 0 unspecified atom stereocenters. The minimum Gasteiger partial charge on any atom is -0.358 e. The first kappa shape index (κ1) is 15.9. The Kier molecular flexibility index (Phi) is 4.31. The third-order valence-electron chi connectivity index (χ3n) is 5.29. The number of carbonyl (C=O) groups excluding carboxylic acids is 1. The Morgan fingerprint density at radius 3 is 2.68 bits per heavy atom. The fourth-order valence-electron chi connectivity index (χ4n) is 3.86. The molecule has 4 rings (SSSR count). The monoisotopic (exact) mass is 332 g/mol. The molecule has 1 heterocycles. The van der Waals surface area contributed by atoms with Crippen molar-refractivity contribution in [1.29, 1.82) is 0 Å². The number of aromatic amines is 1. The minimum atomic E-state index is 0.0973. The molecule has 0 saturated carbocycles. The summed E-state index contributed by atoms with van der Waals surface area (Å²) in [7, 11) is 1.90. The zero-order valence-electron chi connectivity index (χ0n) is 14.7. The van der Waals surface area contributed by atoms with Crippen molar-refractivity contribution in [3.8, 4) is 0 Å². The van der Waals surface area contributed by atoms with Crippen molar-refractivity contribution in [2.24, 2.45) is 0 Å². The van der Waals surface area contributed by atoms with Gasteiger partial charge in [0.05, 0.1) is 11.1 Å². The van der Waals surface area contributed by atoms with E-state index >= 15 is 0 Å². The SMILES string of the molecule is CN(CCc1ccccc1)C(=O)c1cccc2c3c([nH]c12)CCCC3. The van der Waals surface area contributed by atoms with Gasteiger partial charge < -0.3 is 9.88 Å². The van der Waals surface area contributed by atoms with Crippen LogP contribution in [0.4, 0.5) is 0 Å². The molecule has 1 aliphatic carbocycles. The van der Waals surface area contributed by atoms with Crippen molar-refractivity contribution in [2.45, 2.75) is 32.1 Å². The molecule has 0 saturated heterocycles. The lowest BCUT2D eigenvalue weighted by Gasteiger charge is -2.17. The van der Waals surface area contributed by atoms with Crippen LogP contribution < -0.4 is 0 Å². The maximum absolute atomic E-state index is 13.0. The predicted molar refractivity (Wildman–Crippen MR) is 102 cm³/mol. The summed E-state index contributed by atoms with van der Waals surface area (Å²) in [5, 5.41) is 1.23. The van der Waals surface area contributed by atoms with Crippen LogP contribution in [-0.4, -0.2) is 29.4 Å². The molecule has 0 radical (unpaired) electrons. The number of H-pyrrole nitrogens is 1. The highest BCUT2D eigenvalue weighted by molar-refractivity contribution is 6.06. The van der Waals surface area contributed by atoms with Crippen LogP contribution in [-0.2, 0) is 19.3 Å². The van der Waals surface area contributed by atoms with Crippen LogP contribution in [0.15, 0.2) is 48.5 Å². The van der Waals surface area contributed by atoms with Gasteiger partial charge in [-0.15, -0.1) is 0 Å². The lowest BCUT2D eigenvalue weighted by atomic mass is 9.95. The molecule has 25 heavy (non-hydrogen) atoms. The molecule has 1 amide bonds. The van der Waals surface area contributed by atoms with Crippen molar-refractivity contribution in [3.05, 3.63) is 70.9 Å². The van der Waals surface area contributed by atoms with E-state index < -0.39 is 0 Å². The number of carbonyl (C=O) groups is 1. The Hall–Kier alpha value is -2.55. The van der Waals surface area contributed by atoms with E-state index in [0.717, 1.165) is 36.9 Å². The molecule has 0 aliphatic heterocycles. The summed E-state index contributed by atoms with van der Waals surface area (Å²) < 4.78 is 0. The van der Waals surface area contributed by atoms with Crippen molar-refractivity contribution >= 4 is 16.8 Å². The Morgan fingerprint density at radius 2 is 1.84 bits per heavy atom. The van der Waals surface area contributed by atoms with Crippen LogP contribution in [0.2, 0.25) is 0 Å². The van der Waals surface area contributed by atoms with E-state index in [1.807, 2.05) is 42.3 Å². The molecule has 3 nitrogen and oxygen atoms in total. The van der Waals surface area contributed by atoms with Gasteiger partial charge in [-0.2, -0.15) is 0 Å². The van der Waals surface area contributed by atoms with E-state index in [-0.39, 0.29) is 5.91 Å². The maximum Gasteiger partial charge on any atom is 0.255 e. The van der Waals surface area contributed by atoms with E-state index in [4.69, 9.17) is 0 Å². The summed E-state index contributed by atoms with van der Waals surface area (Å²) in [6, 6.07) is 16.4. The van der Waals surface area contributed by atoms with Gasteiger partial charge in [0.25, 0.3) is 5.91 Å². The number of likely N-dealkylation sites (N-methyl/N-ethyl adjacent to an activating group) is 1. The molecule has 0 spiro atoms. The van der Waals surface area contributed by atoms with Gasteiger partial charge in [-0.1, -0.05) is 42.5 Å². The summed E-state index contributed by atoms with van der Waals surface area (Å²) in [4.78, 5) is 18.4. The van der Waals surface area contributed by atoms with Crippen LogP contribution in [0, 0.1) is 0 Å². The second kappa shape index (κ2) is 6.75. The maximum atomic E-state index is 13.0. The van der Waals surface area contributed by atoms with Gasteiger partial charge in [-0.25, -0.2) is 0 Å². The predicted octanol–water partition coefficient (Wildman–Crippen LogP) is 4.36. The molecule has 1 aliphatic rings. The number of hydrogen-bond acceptors (Lipinski definition) is 1. The molecule has 0 bridgehead atoms. The minimum absolute atomic E-state index is 0.0973. The van der Waals surface area contributed by atoms with Gasteiger partial charge in [0.2, 0.25) is 0 Å². The fraction of sp³-hybridized carbons (Fsp3) is 0.318. The van der Waals surface area contributed by atoms with Crippen LogP contribution >= 0.6 is 0 Å². The fourth-order valence-corrected chi connectivity index (χ4v) is 3.86. The van der Waals surface area contributed by atoms with Gasteiger partial charge in [0, 0.05) is 24.7 Å². The number of rotatable bonds is 4. The molecular formula is C22H24N2O. The van der Waals surface area contributed by atoms with Crippen molar-refractivity contribution in [2.75, 3.05) is 13.6 Å². The lowest BCUT2D eigenvalue weighted by Crippen LogP contribution is -2.29. The largest absolute Gasteiger partial charge is 0.358 e. The van der Waals surface area contributed by atoms with Crippen molar-refractivity contribution in [3.63, 3.8) is 0 Å². The van der Waals surface area contributed by atoms with Gasteiger partial charge in [0.1, 0.15) is 0 Å². The first-order valence-corrected chi connectivity index (χ1v) is 9.16. The molecule has 1 aromatic heterocycles. The lowest BCUT2D eigenvalue weighted by molar-refractivity contribution is 0.0798. The first-order chi connectivity index (χ1) is 12.2. The van der Waals surface area contributed by atoms with Gasteiger partial charge in [-0.3, -0.25) is 4.79 Å². The number of hydrogen-bond donors (Lipinski definition) is 1. The van der Waals surface area contributed by atoms with Gasteiger partial charge >= 0.3 is 0 Å². The molecule has 128 valence electrons. The number of aromatic nitrogens is 1. The zero-order valence-corrected chi connectivity index (χ0v) is 14.7. The second-order valence-corrected chi connectivity index (χ2v) is 6.98. The zero-order chi connectivity index (χ0) is 17.2. The average Bonchev–Trinajstić information content (AvgIpc) is 3.05. The van der Waals surface area contributed by atoms with E-state index in [2.05, 4.69) is 23.2 Å². The van der Waals surface area contributed by atoms with Gasteiger partial charge in [-0.05, 0) is 49.3 Å². The number of aryl methyl sites for hydroxylation is 2. The summed E-state index contributed by atoms with van der Waals surface area (Å²) in [5.74, 6) is 0.0973. The van der Waals surface area contributed by atoms with Crippen LogP contribution in [0.3, 0.4) is 0 Å². The molecule has 1 N–H and O–H groups in total. The number of nitrogens with zero attached hydrogens (tertiary/aromatic N) is 1. The first-order valence-electron chi connectivity index (χ1n) is 9.16. The molecule has 3 heteroatoms. The summed E-state index contributed by atoms with van der Waals surface area (Å²) >= 11 is 0. The molecule has 0 fully saturated rings. The summed E-state index contributed by atoms with van der Waals surface area (Å²) in [5.41, 5.74) is 5.82. The summed E-state index contributed by atoms with van der Waals surface area (Å²) in [6.45, 7) is 0.722. The van der Waals surface area contributed by atoms with E-state index in [9.17, 15) is 4.79 Å². The standard InChI is InChI=1S/C22H24N2O/c1-24(15-14-16-8-3-2-4-9-16)22(25)19-12-7-11-18-17-10-5-6-13-20(17)23-21(18)19/h2-4,7-9,11-12,23H,5-6,10,13-15H2,1H3. The number of nitrogens with one attached hydrogen (secondary N) is 1. The number of para-hydroxylation sites is 1. The quantitative estimate of drug-likeness (QED) is 0.757. The van der Waals surface area contributed by atoms with Crippen molar-refractivity contribution in [1.82, 2.24) is 9.88 Å². The second-order valence-electron chi connectivity index (χ2n) is 6.98. The molecular weight excluding hydrogens is 308 g/mol. The van der Waals surface area contributed by atoms with Crippen LogP contribution in [0.25, 0.3) is 10.9 Å². The number of fused-ring (bicyclic) bond motifs is 3.